The number of hydrogen-bond donors (Lipinski definition) is 1. The molecule has 3 nitrogen and oxygen atoms in total. The number of hydrogen-bond acceptors (Lipinski definition) is 4. The lowest BCUT2D eigenvalue weighted by molar-refractivity contribution is 0.305. The van der Waals surface area contributed by atoms with E-state index in [1.54, 1.807) is 11.3 Å². The maximum atomic E-state index is 6.28. The van der Waals surface area contributed by atoms with Crippen molar-refractivity contribution >= 4 is 22.9 Å². The van der Waals surface area contributed by atoms with Crippen LogP contribution in [0.3, 0.4) is 0 Å². The Hall–Kier alpha value is -1.10. The van der Waals surface area contributed by atoms with E-state index in [1.165, 1.54) is 10.4 Å². The van der Waals surface area contributed by atoms with Crippen molar-refractivity contribution in [2.45, 2.75) is 40.3 Å². The van der Waals surface area contributed by atoms with Gasteiger partial charge in [-0.05, 0) is 44.5 Å². The van der Waals surface area contributed by atoms with Crippen LogP contribution in [0.25, 0.3) is 0 Å². The molecule has 21 heavy (non-hydrogen) atoms. The van der Waals surface area contributed by atoms with E-state index in [-0.39, 0.29) is 0 Å². The lowest BCUT2D eigenvalue weighted by atomic mass is 10.2. The van der Waals surface area contributed by atoms with Crippen molar-refractivity contribution in [2.24, 2.45) is 0 Å². The molecule has 114 valence electrons. The van der Waals surface area contributed by atoms with Crippen molar-refractivity contribution in [1.82, 2.24) is 10.3 Å². The molecule has 0 unspecified atom stereocenters. The monoisotopic (exact) mass is 324 g/mol. The molecule has 5 heteroatoms. The highest BCUT2D eigenvalue weighted by atomic mass is 35.5. The van der Waals surface area contributed by atoms with Crippen LogP contribution in [0.4, 0.5) is 0 Å². The second kappa shape index (κ2) is 7.78. The van der Waals surface area contributed by atoms with E-state index in [9.17, 15) is 0 Å². The minimum Gasteiger partial charge on any atom is -0.485 e. The Morgan fingerprint density at radius 3 is 2.76 bits per heavy atom. The average Bonchev–Trinajstić information content (AvgIpc) is 2.77. The Balaban J connectivity index is 1.94. The summed E-state index contributed by atoms with van der Waals surface area (Å²) in [5.74, 6) is 0.710. The maximum Gasteiger partial charge on any atom is 0.140 e. The van der Waals surface area contributed by atoms with Crippen LogP contribution in [0.2, 0.25) is 5.02 Å². The quantitative estimate of drug-likeness (QED) is 0.762. The summed E-state index contributed by atoms with van der Waals surface area (Å²) in [5.41, 5.74) is 2.24. The summed E-state index contributed by atoms with van der Waals surface area (Å²) in [4.78, 5) is 5.70. The molecule has 1 N–H and O–H groups in total. The fraction of sp³-hybridized carbons (Fsp3) is 0.438. The smallest absolute Gasteiger partial charge is 0.140 e. The summed E-state index contributed by atoms with van der Waals surface area (Å²) >= 11 is 7.94. The second-order valence-electron chi connectivity index (χ2n) is 4.98. The average molecular weight is 325 g/mol. The van der Waals surface area contributed by atoms with Crippen LogP contribution < -0.4 is 10.1 Å². The molecule has 0 saturated carbocycles. The van der Waals surface area contributed by atoms with E-state index >= 15 is 0 Å². The van der Waals surface area contributed by atoms with Gasteiger partial charge in [0.2, 0.25) is 0 Å². The van der Waals surface area contributed by atoms with Crippen LogP contribution >= 0.6 is 22.9 Å². The van der Waals surface area contributed by atoms with E-state index in [1.807, 2.05) is 25.1 Å². The zero-order valence-corrected chi connectivity index (χ0v) is 14.3. The molecule has 2 aromatic rings. The highest BCUT2D eigenvalue weighted by molar-refractivity contribution is 7.11. The third kappa shape index (κ3) is 4.70. The van der Waals surface area contributed by atoms with Crippen molar-refractivity contribution in [2.75, 3.05) is 6.54 Å². The first-order valence-corrected chi connectivity index (χ1v) is 8.34. The van der Waals surface area contributed by atoms with Crippen LogP contribution in [0.1, 0.15) is 34.5 Å². The summed E-state index contributed by atoms with van der Waals surface area (Å²) in [6.07, 6.45) is 1.13. The van der Waals surface area contributed by atoms with Gasteiger partial charge in [-0.1, -0.05) is 24.6 Å². The Morgan fingerprint density at radius 2 is 2.14 bits per heavy atom. The van der Waals surface area contributed by atoms with Gasteiger partial charge >= 0.3 is 0 Å². The lowest BCUT2D eigenvalue weighted by Crippen LogP contribution is -2.13. The molecule has 2 rings (SSSR count). The molecular formula is C16H21ClN2OS. The number of aryl methyl sites for hydroxylation is 2. The first-order chi connectivity index (χ1) is 10.1. The summed E-state index contributed by atoms with van der Waals surface area (Å²) in [6.45, 7) is 8.55. The number of rotatable bonds is 7. The zero-order valence-electron chi connectivity index (χ0n) is 12.7. The fourth-order valence-electron chi connectivity index (χ4n) is 1.92. The van der Waals surface area contributed by atoms with Crippen LogP contribution in [0, 0.1) is 13.8 Å². The van der Waals surface area contributed by atoms with Gasteiger partial charge < -0.3 is 10.1 Å². The number of thiazole rings is 1. The lowest BCUT2D eigenvalue weighted by Gasteiger charge is -2.09. The highest BCUT2D eigenvalue weighted by Crippen LogP contribution is 2.27. The van der Waals surface area contributed by atoms with E-state index in [0.717, 1.165) is 30.2 Å². The molecule has 0 saturated heterocycles. The molecule has 1 aromatic heterocycles. The maximum absolute atomic E-state index is 6.28. The molecular weight excluding hydrogens is 304 g/mol. The first-order valence-electron chi connectivity index (χ1n) is 7.15. The van der Waals surface area contributed by atoms with Crippen molar-refractivity contribution in [1.29, 1.82) is 0 Å². The predicted molar refractivity (Wildman–Crippen MR) is 89.4 cm³/mol. The molecule has 0 radical (unpaired) electrons. The Bertz CT molecular complexity index is 578. The van der Waals surface area contributed by atoms with E-state index in [4.69, 9.17) is 16.3 Å². The van der Waals surface area contributed by atoms with Gasteiger partial charge in [-0.3, -0.25) is 0 Å². The molecule has 0 aliphatic heterocycles. The third-order valence-corrected chi connectivity index (χ3v) is 4.52. The van der Waals surface area contributed by atoms with Gasteiger partial charge in [0.25, 0.3) is 0 Å². The fourth-order valence-corrected chi connectivity index (χ4v) is 3.03. The highest BCUT2D eigenvalue weighted by Gasteiger charge is 2.07. The van der Waals surface area contributed by atoms with Gasteiger partial charge in [0.05, 0.1) is 10.7 Å². The molecule has 0 aliphatic rings. The molecule has 1 heterocycles. The first kappa shape index (κ1) is 16.3. The van der Waals surface area contributed by atoms with Crippen molar-refractivity contribution in [3.8, 4) is 5.75 Å². The molecule has 0 amide bonds. The molecule has 1 aromatic carbocycles. The van der Waals surface area contributed by atoms with Gasteiger partial charge in [0.1, 0.15) is 17.4 Å². The van der Waals surface area contributed by atoms with Crippen LogP contribution in [0.15, 0.2) is 18.2 Å². The second-order valence-corrected chi connectivity index (χ2v) is 6.67. The summed E-state index contributed by atoms with van der Waals surface area (Å²) in [7, 11) is 0. The van der Waals surface area contributed by atoms with Crippen LogP contribution in [-0.4, -0.2) is 11.5 Å². The van der Waals surface area contributed by atoms with E-state index < -0.39 is 0 Å². The Labute approximate surface area is 135 Å². The Morgan fingerprint density at radius 1 is 1.33 bits per heavy atom. The van der Waals surface area contributed by atoms with Crippen molar-refractivity contribution in [3.05, 3.63) is 44.4 Å². The minimum atomic E-state index is 0.465. The van der Waals surface area contributed by atoms with Gasteiger partial charge in [-0.25, -0.2) is 4.98 Å². The van der Waals surface area contributed by atoms with Crippen LogP contribution in [-0.2, 0) is 13.2 Å². The largest absolute Gasteiger partial charge is 0.485 e. The summed E-state index contributed by atoms with van der Waals surface area (Å²) < 4.78 is 5.77. The Kier molecular flexibility index (Phi) is 6.03. The van der Waals surface area contributed by atoms with E-state index in [2.05, 4.69) is 24.1 Å². The number of ether oxygens (including phenoxy) is 1. The molecule has 0 bridgehead atoms. The minimum absolute atomic E-state index is 0.465. The topological polar surface area (TPSA) is 34.1 Å². The van der Waals surface area contributed by atoms with Crippen LogP contribution in [0.5, 0.6) is 5.75 Å². The molecule has 0 spiro atoms. The SMILES string of the molecule is CCCNCc1ccc(OCc2nc(C)c(C)s2)c(Cl)c1. The van der Waals surface area contributed by atoms with Gasteiger partial charge in [-0.2, -0.15) is 0 Å². The number of aromatic nitrogens is 1. The van der Waals surface area contributed by atoms with Gasteiger partial charge in [-0.15, -0.1) is 11.3 Å². The number of halogens is 1. The molecule has 0 atom stereocenters. The normalized spacial score (nSPS) is 10.9. The van der Waals surface area contributed by atoms with Crippen molar-refractivity contribution in [3.63, 3.8) is 0 Å². The number of nitrogens with zero attached hydrogens (tertiary/aromatic N) is 1. The summed E-state index contributed by atoms with van der Waals surface area (Å²) in [6, 6.07) is 5.93. The predicted octanol–water partition coefficient (Wildman–Crippen LogP) is 4.49. The van der Waals surface area contributed by atoms with E-state index in [0.29, 0.717) is 17.4 Å². The standard InChI is InChI=1S/C16H21ClN2OS/c1-4-7-18-9-13-5-6-15(14(17)8-13)20-10-16-19-11(2)12(3)21-16/h5-6,8,18H,4,7,9-10H2,1-3H3. The van der Waals surface area contributed by atoms with Gasteiger partial charge in [0, 0.05) is 11.4 Å². The molecule has 0 fully saturated rings. The molecule has 0 aliphatic carbocycles. The van der Waals surface area contributed by atoms with Gasteiger partial charge in [0.15, 0.2) is 0 Å². The number of nitrogens with one attached hydrogen (secondary N) is 1. The number of benzene rings is 1. The van der Waals surface area contributed by atoms with Crippen molar-refractivity contribution < 1.29 is 4.74 Å². The summed E-state index contributed by atoms with van der Waals surface area (Å²) in [5, 5.41) is 4.99. The third-order valence-electron chi connectivity index (χ3n) is 3.18. The zero-order chi connectivity index (χ0) is 15.2.